The average molecular weight is 482 g/mol. The first kappa shape index (κ1) is 25.2. The SMILES string of the molecule is CSCC[C@H](NC(=O)c1cc(C=CCn2ccnc2)ccc1CCc1ccc(F)cc1)C(=O)O. The summed E-state index contributed by atoms with van der Waals surface area (Å²) < 4.78 is 15.1. The van der Waals surface area contributed by atoms with Crippen LogP contribution < -0.4 is 5.32 Å². The molecule has 34 heavy (non-hydrogen) atoms. The van der Waals surface area contributed by atoms with E-state index < -0.39 is 17.9 Å². The lowest BCUT2D eigenvalue weighted by Crippen LogP contribution is -2.41. The van der Waals surface area contributed by atoms with Crippen LogP contribution in [-0.2, 0) is 24.2 Å². The number of imidazole rings is 1. The summed E-state index contributed by atoms with van der Waals surface area (Å²) in [7, 11) is 0. The van der Waals surface area contributed by atoms with Crippen LogP contribution >= 0.6 is 11.8 Å². The number of benzene rings is 2. The van der Waals surface area contributed by atoms with Gasteiger partial charge >= 0.3 is 5.97 Å². The van der Waals surface area contributed by atoms with Gasteiger partial charge in [-0.2, -0.15) is 11.8 Å². The van der Waals surface area contributed by atoms with Crippen LogP contribution in [0.1, 0.15) is 33.5 Å². The molecule has 6 nitrogen and oxygen atoms in total. The van der Waals surface area contributed by atoms with Crippen molar-refractivity contribution >= 4 is 29.7 Å². The molecule has 0 aliphatic carbocycles. The predicted octanol–water partition coefficient (Wildman–Crippen LogP) is 4.46. The summed E-state index contributed by atoms with van der Waals surface area (Å²) in [4.78, 5) is 28.8. The maximum absolute atomic E-state index is 13.2. The number of halogens is 1. The monoisotopic (exact) mass is 481 g/mol. The largest absolute Gasteiger partial charge is 0.480 e. The number of thioether (sulfide) groups is 1. The highest BCUT2D eigenvalue weighted by Gasteiger charge is 2.22. The summed E-state index contributed by atoms with van der Waals surface area (Å²) in [6.45, 7) is 0.642. The Morgan fingerprint density at radius 1 is 1.21 bits per heavy atom. The van der Waals surface area contributed by atoms with Crippen molar-refractivity contribution in [1.29, 1.82) is 0 Å². The number of carboxylic acid groups (broad SMARTS) is 1. The number of hydrogen-bond acceptors (Lipinski definition) is 4. The maximum Gasteiger partial charge on any atom is 0.326 e. The Kier molecular flexibility index (Phi) is 9.46. The van der Waals surface area contributed by atoms with Crippen molar-refractivity contribution in [2.75, 3.05) is 12.0 Å². The van der Waals surface area contributed by atoms with Gasteiger partial charge in [-0.15, -0.1) is 0 Å². The van der Waals surface area contributed by atoms with Crippen molar-refractivity contribution in [1.82, 2.24) is 14.9 Å². The van der Waals surface area contributed by atoms with Crippen LogP contribution in [0.2, 0.25) is 0 Å². The molecule has 0 bridgehead atoms. The van der Waals surface area contributed by atoms with E-state index in [0.717, 1.165) is 16.7 Å². The summed E-state index contributed by atoms with van der Waals surface area (Å²) in [6, 6.07) is 11.0. The molecule has 0 saturated carbocycles. The van der Waals surface area contributed by atoms with E-state index in [1.54, 1.807) is 30.7 Å². The third kappa shape index (κ3) is 7.59. The molecule has 1 heterocycles. The molecule has 2 N–H and O–H groups in total. The fourth-order valence-electron chi connectivity index (χ4n) is 3.49. The summed E-state index contributed by atoms with van der Waals surface area (Å²) >= 11 is 1.53. The second-order valence-electron chi connectivity index (χ2n) is 7.85. The fourth-order valence-corrected chi connectivity index (χ4v) is 3.96. The van der Waals surface area contributed by atoms with Gasteiger partial charge < -0.3 is 15.0 Å². The maximum atomic E-state index is 13.2. The van der Waals surface area contributed by atoms with Crippen LogP contribution in [-0.4, -0.2) is 44.6 Å². The average Bonchev–Trinajstić information content (AvgIpc) is 3.35. The van der Waals surface area contributed by atoms with Crippen LogP contribution in [0.15, 0.2) is 67.3 Å². The van der Waals surface area contributed by atoms with Crippen molar-refractivity contribution < 1.29 is 19.1 Å². The molecule has 0 aliphatic rings. The number of aryl methyl sites for hydroxylation is 2. The highest BCUT2D eigenvalue weighted by atomic mass is 32.2. The smallest absolute Gasteiger partial charge is 0.326 e. The highest BCUT2D eigenvalue weighted by molar-refractivity contribution is 7.98. The minimum Gasteiger partial charge on any atom is -0.480 e. The molecular weight excluding hydrogens is 453 g/mol. The van der Waals surface area contributed by atoms with E-state index in [9.17, 15) is 19.1 Å². The predicted molar refractivity (Wildman–Crippen MR) is 133 cm³/mol. The number of carbonyl (C=O) groups excluding carboxylic acids is 1. The zero-order valence-corrected chi connectivity index (χ0v) is 19.8. The number of amides is 1. The van der Waals surface area contributed by atoms with E-state index >= 15 is 0 Å². The van der Waals surface area contributed by atoms with Crippen molar-refractivity contribution in [3.63, 3.8) is 0 Å². The van der Waals surface area contributed by atoms with Crippen molar-refractivity contribution in [3.05, 3.63) is 95.3 Å². The van der Waals surface area contributed by atoms with E-state index in [1.165, 1.54) is 23.9 Å². The first-order chi connectivity index (χ1) is 16.5. The van der Waals surface area contributed by atoms with Crippen LogP contribution in [0, 0.1) is 5.82 Å². The zero-order chi connectivity index (χ0) is 24.3. The molecular formula is C26H28FN3O3S. The molecule has 1 aromatic heterocycles. The van der Waals surface area contributed by atoms with Crippen LogP contribution in [0.25, 0.3) is 6.08 Å². The van der Waals surface area contributed by atoms with E-state index in [-0.39, 0.29) is 5.82 Å². The van der Waals surface area contributed by atoms with Gasteiger partial charge in [0.25, 0.3) is 5.91 Å². The summed E-state index contributed by atoms with van der Waals surface area (Å²) in [5, 5.41) is 12.2. The molecule has 2 aromatic carbocycles. The summed E-state index contributed by atoms with van der Waals surface area (Å²) in [5.41, 5.74) is 3.05. The molecule has 178 valence electrons. The molecule has 0 aliphatic heterocycles. The number of allylic oxidation sites excluding steroid dienone is 1. The molecule has 0 unspecified atom stereocenters. The van der Waals surface area contributed by atoms with Gasteiger partial charge in [0.15, 0.2) is 0 Å². The fraction of sp³-hybridized carbons (Fsp3) is 0.269. The minimum atomic E-state index is -1.05. The van der Waals surface area contributed by atoms with Crippen molar-refractivity contribution in [3.8, 4) is 0 Å². The normalized spacial score (nSPS) is 12.1. The Bertz CT molecular complexity index is 1110. The number of carboxylic acids is 1. The quantitative estimate of drug-likeness (QED) is 0.399. The number of aromatic nitrogens is 2. The molecule has 3 aromatic rings. The molecule has 1 amide bonds. The molecule has 0 spiro atoms. The standard InChI is InChI=1S/C26H28FN3O3S/c1-34-16-12-24(26(32)33)29-25(31)23-17-20(3-2-14-30-15-13-28-18-30)5-9-21(23)8-4-19-6-10-22(27)11-7-19/h2-3,5-7,9-11,13,15,17-18,24H,4,8,12,14,16H2,1H3,(H,29,31)(H,32,33)/t24-/m0/s1. The van der Waals surface area contributed by atoms with Gasteiger partial charge in [0.1, 0.15) is 11.9 Å². The first-order valence-corrected chi connectivity index (χ1v) is 12.4. The van der Waals surface area contributed by atoms with Crippen LogP contribution in [0.3, 0.4) is 0 Å². The van der Waals surface area contributed by atoms with E-state index in [0.29, 0.717) is 37.1 Å². The Morgan fingerprint density at radius 3 is 2.68 bits per heavy atom. The molecule has 0 radical (unpaired) electrons. The van der Waals surface area contributed by atoms with Crippen molar-refractivity contribution in [2.24, 2.45) is 0 Å². The Hall–Kier alpha value is -3.39. The topological polar surface area (TPSA) is 84.2 Å². The lowest BCUT2D eigenvalue weighted by atomic mass is 9.96. The molecule has 1 atom stereocenters. The summed E-state index contributed by atoms with van der Waals surface area (Å²) in [6.07, 6.45) is 12.6. The second kappa shape index (κ2) is 12.7. The Labute approximate surface area is 202 Å². The minimum absolute atomic E-state index is 0.291. The van der Waals surface area contributed by atoms with Gasteiger partial charge in [0, 0.05) is 24.5 Å². The molecule has 0 fully saturated rings. The lowest BCUT2D eigenvalue weighted by Gasteiger charge is -2.16. The third-order valence-electron chi connectivity index (χ3n) is 5.37. The molecule has 3 rings (SSSR count). The van der Waals surface area contributed by atoms with Gasteiger partial charge in [0.05, 0.1) is 6.33 Å². The van der Waals surface area contributed by atoms with E-state index in [2.05, 4.69) is 10.3 Å². The zero-order valence-electron chi connectivity index (χ0n) is 19.0. The summed E-state index contributed by atoms with van der Waals surface area (Å²) in [5.74, 6) is -1.12. The number of carbonyl (C=O) groups is 2. The number of aliphatic carboxylic acids is 1. The van der Waals surface area contributed by atoms with E-state index in [4.69, 9.17) is 0 Å². The van der Waals surface area contributed by atoms with Crippen LogP contribution in [0.4, 0.5) is 4.39 Å². The van der Waals surface area contributed by atoms with Gasteiger partial charge in [-0.05, 0) is 66.2 Å². The van der Waals surface area contributed by atoms with Gasteiger partial charge in [-0.3, -0.25) is 4.79 Å². The van der Waals surface area contributed by atoms with Gasteiger partial charge in [-0.25, -0.2) is 14.2 Å². The number of hydrogen-bond donors (Lipinski definition) is 2. The Morgan fingerprint density at radius 2 is 2.00 bits per heavy atom. The number of nitrogens with zero attached hydrogens (tertiary/aromatic N) is 2. The third-order valence-corrected chi connectivity index (χ3v) is 6.02. The highest BCUT2D eigenvalue weighted by Crippen LogP contribution is 2.18. The van der Waals surface area contributed by atoms with E-state index in [1.807, 2.05) is 41.3 Å². The Balaban J connectivity index is 1.81. The number of rotatable bonds is 12. The molecule has 8 heteroatoms. The lowest BCUT2D eigenvalue weighted by molar-refractivity contribution is -0.139. The second-order valence-corrected chi connectivity index (χ2v) is 8.84. The van der Waals surface area contributed by atoms with Gasteiger partial charge in [0.2, 0.25) is 0 Å². The van der Waals surface area contributed by atoms with Gasteiger partial charge in [-0.1, -0.05) is 36.4 Å². The molecule has 0 saturated heterocycles. The van der Waals surface area contributed by atoms with Crippen LogP contribution in [0.5, 0.6) is 0 Å². The number of nitrogens with one attached hydrogen (secondary N) is 1. The first-order valence-electron chi connectivity index (χ1n) is 11.0. The van der Waals surface area contributed by atoms with Crippen molar-refractivity contribution in [2.45, 2.75) is 31.8 Å².